The molecular weight excluding hydrogens is 329 g/mol. The van der Waals surface area contributed by atoms with Crippen molar-refractivity contribution in [2.75, 3.05) is 6.67 Å². The highest BCUT2D eigenvalue weighted by Gasteiger charge is 2.34. The van der Waals surface area contributed by atoms with Crippen LogP contribution in [0.1, 0.15) is 18.9 Å². The first kappa shape index (κ1) is 15.8. The van der Waals surface area contributed by atoms with Crippen LogP contribution in [0, 0.1) is 0 Å². The van der Waals surface area contributed by atoms with Crippen LogP contribution in [0.4, 0.5) is 13.2 Å². The molecule has 0 spiro atoms. The molecule has 0 heterocycles. The molecule has 1 atom stereocenters. The summed E-state index contributed by atoms with van der Waals surface area (Å²) in [6.07, 6.45) is -2.28. The molecule has 0 saturated heterocycles. The van der Waals surface area contributed by atoms with Crippen molar-refractivity contribution < 1.29 is 27.8 Å². The fourth-order valence-corrected chi connectivity index (χ4v) is 1.74. The number of benzene rings is 1. The van der Waals surface area contributed by atoms with Crippen LogP contribution in [-0.4, -0.2) is 23.9 Å². The lowest BCUT2D eigenvalue weighted by molar-refractivity contribution is -0.145. The number of carbonyl (C=O) groups is 1. The minimum absolute atomic E-state index is 0.333. The number of carboxylic acids is 1. The smallest absolute Gasteiger partial charge is 0.347 e. The lowest BCUT2D eigenvalue weighted by atomic mass is 10.1. The number of alkyl halides is 3. The van der Waals surface area contributed by atoms with E-state index >= 15 is 0 Å². The van der Waals surface area contributed by atoms with Gasteiger partial charge in [-0.15, -0.1) is 0 Å². The molecule has 0 radical (unpaired) electrons. The molecule has 1 rings (SSSR count). The van der Waals surface area contributed by atoms with E-state index in [4.69, 9.17) is 9.84 Å². The third kappa shape index (κ3) is 3.86. The lowest BCUT2D eigenvalue weighted by Crippen LogP contribution is -2.30. The van der Waals surface area contributed by atoms with E-state index in [1.165, 1.54) is 19.1 Å². The summed E-state index contributed by atoms with van der Waals surface area (Å²) in [5, 5.41) is 8.68. The van der Waals surface area contributed by atoms with Gasteiger partial charge >= 0.3 is 5.97 Å². The summed E-state index contributed by atoms with van der Waals surface area (Å²) in [6.45, 7) is -0.0168. The third-order valence-electron chi connectivity index (χ3n) is 2.46. The molecule has 19 heavy (non-hydrogen) atoms. The third-order valence-corrected chi connectivity index (χ3v) is 2.96. The maximum atomic E-state index is 13.7. The Hall–Kier alpha value is -1.24. The zero-order valence-electron chi connectivity index (χ0n) is 10.00. The zero-order chi connectivity index (χ0) is 14.6. The van der Waals surface area contributed by atoms with Crippen molar-refractivity contribution in [3.8, 4) is 5.75 Å². The summed E-state index contributed by atoms with van der Waals surface area (Å²) in [6, 6.07) is 3.74. The van der Waals surface area contributed by atoms with Crippen molar-refractivity contribution in [2.45, 2.75) is 25.4 Å². The van der Waals surface area contributed by atoms with Crippen LogP contribution in [0.2, 0.25) is 0 Å². The summed E-state index contributed by atoms with van der Waals surface area (Å²) in [5.74, 6) is -5.06. The van der Waals surface area contributed by atoms with Crippen LogP contribution in [0.5, 0.6) is 5.75 Å². The van der Waals surface area contributed by atoms with E-state index in [1.807, 2.05) is 0 Å². The fraction of sp³-hybridized carbons (Fsp3) is 0.417. The molecule has 1 aromatic carbocycles. The minimum Gasteiger partial charge on any atom is -0.478 e. The van der Waals surface area contributed by atoms with Crippen molar-refractivity contribution in [3.63, 3.8) is 0 Å². The Kier molecular flexibility index (Phi) is 5.22. The Morgan fingerprint density at radius 2 is 2.16 bits per heavy atom. The van der Waals surface area contributed by atoms with Crippen LogP contribution in [0.3, 0.4) is 0 Å². The first-order chi connectivity index (χ1) is 8.81. The number of hydrogen-bond donors (Lipinski definition) is 1. The van der Waals surface area contributed by atoms with Gasteiger partial charge in [-0.05, 0) is 18.2 Å². The maximum Gasteiger partial charge on any atom is 0.347 e. The van der Waals surface area contributed by atoms with Crippen molar-refractivity contribution in [2.24, 2.45) is 0 Å². The predicted molar refractivity (Wildman–Crippen MR) is 66.4 cm³/mol. The summed E-state index contributed by atoms with van der Waals surface area (Å²) in [7, 11) is 0. The Bertz CT molecular complexity index is 466. The van der Waals surface area contributed by atoms with Gasteiger partial charge < -0.3 is 9.84 Å². The van der Waals surface area contributed by atoms with Gasteiger partial charge in [-0.1, -0.05) is 22.9 Å². The van der Waals surface area contributed by atoms with Crippen molar-refractivity contribution in [1.29, 1.82) is 0 Å². The second kappa shape index (κ2) is 6.27. The highest BCUT2D eigenvalue weighted by Crippen LogP contribution is 2.39. The van der Waals surface area contributed by atoms with Gasteiger partial charge in [0.15, 0.2) is 0 Å². The molecule has 0 unspecified atom stereocenters. The monoisotopic (exact) mass is 340 g/mol. The standard InChI is InChI=1S/C12H12BrF3O3/c1-2-12(15,16)8-5-7(13)3-4-9(8)19-10(6-14)11(17)18/h3-5,10H,2,6H2,1H3,(H,17,18)/t10-/m0/s1. The summed E-state index contributed by atoms with van der Waals surface area (Å²) < 4.78 is 45.2. The normalized spacial score (nSPS) is 13.1. The number of aliphatic carboxylic acids is 1. The van der Waals surface area contributed by atoms with E-state index in [1.54, 1.807) is 0 Å². The molecule has 0 bridgehead atoms. The molecule has 0 aliphatic rings. The first-order valence-corrected chi connectivity index (χ1v) is 6.24. The van der Waals surface area contributed by atoms with E-state index in [0.29, 0.717) is 4.47 Å². The molecule has 0 amide bonds. The number of rotatable bonds is 6. The molecule has 0 aliphatic carbocycles. The highest BCUT2D eigenvalue weighted by molar-refractivity contribution is 9.10. The molecule has 106 valence electrons. The number of ether oxygens (including phenoxy) is 1. The van der Waals surface area contributed by atoms with Crippen LogP contribution < -0.4 is 4.74 Å². The largest absolute Gasteiger partial charge is 0.478 e. The minimum atomic E-state index is -3.18. The van der Waals surface area contributed by atoms with Gasteiger partial charge in [0.25, 0.3) is 5.92 Å². The van der Waals surface area contributed by atoms with Crippen molar-refractivity contribution in [1.82, 2.24) is 0 Å². The van der Waals surface area contributed by atoms with Crippen LogP contribution >= 0.6 is 15.9 Å². The van der Waals surface area contributed by atoms with Crippen molar-refractivity contribution in [3.05, 3.63) is 28.2 Å². The van der Waals surface area contributed by atoms with E-state index < -0.39 is 36.7 Å². The van der Waals surface area contributed by atoms with Gasteiger partial charge in [0, 0.05) is 10.9 Å². The maximum absolute atomic E-state index is 13.7. The van der Waals surface area contributed by atoms with Gasteiger partial charge in [0.2, 0.25) is 6.10 Å². The van der Waals surface area contributed by atoms with E-state index in [2.05, 4.69) is 15.9 Å². The predicted octanol–water partition coefficient (Wildman–Crippen LogP) is 3.75. The number of carboxylic acid groups (broad SMARTS) is 1. The molecule has 7 heteroatoms. The van der Waals surface area contributed by atoms with Crippen LogP contribution in [0.15, 0.2) is 22.7 Å². The zero-order valence-corrected chi connectivity index (χ0v) is 11.6. The summed E-state index contributed by atoms with van der Waals surface area (Å²) in [5.41, 5.74) is -0.468. The summed E-state index contributed by atoms with van der Waals surface area (Å²) in [4.78, 5) is 10.7. The van der Waals surface area contributed by atoms with Crippen LogP contribution in [-0.2, 0) is 10.7 Å². The SMILES string of the molecule is CCC(F)(F)c1cc(Br)ccc1O[C@@H](CF)C(=O)O. The Balaban J connectivity index is 3.17. The first-order valence-electron chi connectivity index (χ1n) is 5.45. The quantitative estimate of drug-likeness (QED) is 0.857. The number of hydrogen-bond acceptors (Lipinski definition) is 2. The average molecular weight is 341 g/mol. The Labute approximate surface area is 116 Å². The molecule has 0 saturated carbocycles. The van der Waals surface area contributed by atoms with Gasteiger partial charge in [-0.3, -0.25) is 0 Å². The van der Waals surface area contributed by atoms with E-state index in [9.17, 15) is 18.0 Å². The van der Waals surface area contributed by atoms with Gasteiger partial charge in [-0.2, -0.15) is 0 Å². The fourth-order valence-electron chi connectivity index (χ4n) is 1.38. The molecule has 0 aliphatic heterocycles. The van der Waals surface area contributed by atoms with Gasteiger partial charge in [-0.25, -0.2) is 18.0 Å². The topological polar surface area (TPSA) is 46.5 Å². The van der Waals surface area contributed by atoms with Crippen LogP contribution in [0.25, 0.3) is 0 Å². The number of halogens is 4. The molecule has 0 fully saturated rings. The lowest BCUT2D eigenvalue weighted by Gasteiger charge is -2.21. The Morgan fingerprint density at radius 1 is 1.53 bits per heavy atom. The summed E-state index contributed by atoms with van der Waals surface area (Å²) >= 11 is 3.05. The second-order valence-corrected chi connectivity index (χ2v) is 4.71. The molecular formula is C12H12BrF3O3. The average Bonchev–Trinajstić information content (AvgIpc) is 2.36. The molecule has 1 aromatic rings. The van der Waals surface area contributed by atoms with Gasteiger partial charge in [0.05, 0.1) is 5.56 Å². The van der Waals surface area contributed by atoms with Crippen molar-refractivity contribution >= 4 is 21.9 Å². The second-order valence-electron chi connectivity index (χ2n) is 3.80. The molecule has 3 nitrogen and oxygen atoms in total. The van der Waals surface area contributed by atoms with Gasteiger partial charge in [0.1, 0.15) is 12.4 Å². The highest BCUT2D eigenvalue weighted by atomic mass is 79.9. The van der Waals surface area contributed by atoms with E-state index in [0.717, 1.165) is 6.07 Å². The van der Waals surface area contributed by atoms with E-state index in [-0.39, 0.29) is 5.75 Å². The molecule has 0 aromatic heterocycles. The Morgan fingerprint density at radius 3 is 2.63 bits per heavy atom. The molecule has 1 N–H and O–H groups in total.